The molecule has 1 atom stereocenters. The fourth-order valence-corrected chi connectivity index (χ4v) is 0.714. The van der Waals surface area contributed by atoms with Crippen LogP contribution >= 0.6 is 0 Å². The average molecular weight is 189 g/mol. The summed E-state index contributed by atoms with van der Waals surface area (Å²) in [5, 5.41) is 13.6. The number of hydrogen-bond donors (Lipinski definition) is 4. The molecule has 0 saturated carbocycles. The third-order valence-corrected chi connectivity index (χ3v) is 1.43. The molecule has 0 unspecified atom stereocenters. The van der Waals surface area contributed by atoms with Crippen LogP contribution in [0.25, 0.3) is 0 Å². The lowest BCUT2D eigenvalue weighted by Crippen LogP contribution is -2.37. The van der Waals surface area contributed by atoms with Crippen molar-refractivity contribution in [3.63, 3.8) is 0 Å². The smallest absolute Gasteiger partial charge is 0.320 e. The lowest BCUT2D eigenvalue weighted by Gasteiger charge is -2.07. The summed E-state index contributed by atoms with van der Waals surface area (Å²) in [6.07, 6.45) is 0.241. The first-order valence-corrected chi connectivity index (χ1v) is 3.97. The summed E-state index contributed by atoms with van der Waals surface area (Å²) >= 11 is 0. The van der Waals surface area contributed by atoms with Crippen molar-refractivity contribution in [3.05, 3.63) is 0 Å². The Bertz CT molecular complexity index is 184. The van der Waals surface area contributed by atoms with Crippen LogP contribution in [-0.4, -0.2) is 43.2 Å². The largest absolute Gasteiger partial charge is 0.480 e. The lowest BCUT2D eigenvalue weighted by molar-refractivity contribution is -0.138. The van der Waals surface area contributed by atoms with Crippen molar-refractivity contribution in [2.45, 2.75) is 12.5 Å². The minimum atomic E-state index is -1.05. The molecule has 1 amide bonds. The van der Waals surface area contributed by atoms with Gasteiger partial charge >= 0.3 is 5.97 Å². The van der Waals surface area contributed by atoms with Crippen LogP contribution in [0.2, 0.25) is 0 Å². The Balaban J connectivity index is 3.44. The number of nitrogens with two attached hydrogens (primary N) is 1. The second-order valence-electron chi connectivity index (χ2n) is 2.61. The quantitative estimate of drug-likeness (QED) is 0.391. The molecule has 0 rings (SSSR count). The Labute approximate surface area is 76.5 Å². The molecule has 0 spiro atoms. The molecule has 0 heterocycles. The highest BCUT2D eigenvalue weighted by molar-refractivity contribution is 5.78. The highest BCUT2D eigenvalue weighted by Gasteiger charge is 2.10. The number of nitrogens with one attached hydrogen (secondary N) is 2. The molecule has 0 aromatic carbocycles. The van der Waals surface area contributed by atoms with Gasteiger partial charge in [-0.05, 0) is 13.5 Å². The predicted molar refractivity (Wildman–Crippen MR) is 47.2 cm³/mol. The fourth-order valence-electron chi connectivity index (χ4n) is 0.714. The number of rotatable bonds is 6. The van der Waals surface area contributed by atoms with Gasteiger partial charge in [0.15, 0.2) is 0 Å². The van der Waals surface area contributed by atoms with Crippen LogP contribution in [0.15, 0.2) is 0 Å². The van der Waals surface area contributed by atoms with E-state index in [1.54, 1.807) is 7.05 Å². The molecule has 0 radical (unpaired) electrons. The standard InChI is InChI=1S/C7H15N3O3/c1-9-4-6(11)10-3-2-5(8)7(12)13/h5,9H,2-4,8H2,1H3,(H,10,11)(H,12,13)/t5-/m0/s1. The monoisotopic (exact) mass is 189 g/mol. The summed E-state index contributed by atoms with van der Waals surface area (Å²) < 4.78 is 0. The number of carboxylic acids is 1. The molecule has 0 aliphatic heterocycles. The van der Waals surface area contributed by atoms with E-state index in [2.05, 4.69) is 10.6 Å². The van der Waals surface area contributed by atoms with E-state index in [1.165, 1.54) is 0 Å². The molecule has 76 valence electrons. The van der Waals surface area contributed by atoms with E-state index < -0.39 is 12.0 Å². The van der Waals surface area contributed by atoms with Gasteiger partial charge in [-0.25, -0.2) is 0 Å². The van der Waals surface area contributed by atoms with Gasteiger partial charge in [0, 0.05) is 6.54 Å². The molecule has 0 bridgehead atoms. The van der Waals surface area contributed by atoms with Crippen LogP contribution in [0.5, 0.6) is 0 Å². The van der Waals surface area contributed by atoms with Crippen molar-refractivity contribution < 1.29 is 14.7 Å². The summed E-state index contributed by atoms with van der Waals surface area (Å²) in [4.78, 5) is 21.1. The molecule has 0 saturated heterocycles. The van der Waals surface area contributed by atoms with Gasteiger partial charge in [0.2, 0.25) is 5.91 Å². The molecule has 6 heteroatoms. The highest BCUT2D eigenvalue weighted by Crippen LogP contribution is 1.85. The Morgan fingerprint density at radius 1 is 1.54 bits per heavy atom. The van der Waals surface area contributed by atoms with Crippen LogP contribution in [0.1, 0.15) is 6.42 Å². The fraction of sp³-hybridized carbons (Fsp3) is 0.714. The van der Waals surface area contributed by atoms with E-state index in [0.717, 1.165) is 0 Å². The van der Waals surface area contributed by atoms with Crippen LogP contribution in [0.3, 0.4) is 0 Å². The predicted octanol–water partition coefficient (Wildman–Crippen LogP) is -1.88. The lowest BCUT2D eigenvalue weighted by atomic mass is 10.2. The zero-order valence-corrected chi connectivity index (χ0v) is 7.54. The Morgan fingerprint density at radius 3 is 2.62 bits per heavy atom. The first-order valence-electron chi connectivity index (χ1n) is 3.97. The Kier molecular flexibility index (Phi) is 5.82. The molecule has 0 fully saturated rings. The molecule has 13 heavy (non-hydrogen) atoms. The van der Waals surface area contributed by atoms with E-state index in [0.29, 0.717) is 0 Å². The number of likely N-dealkylation sites (N-methyl/N-ethyl adjacent to an activating group) is 1. The van der Waals surface area contributed by atoms with Crippen molar-refractivity contribution in [1.82, 2.24) is 10.6 Å². The van der Waals surface area contributed by atoms with Crippen molar-refractivity contribution in [3.8, 4) is 0 Å². The Hall–Kier alpha value is -1.14. The summed E-state index contributed by atoms with van der Waals surface area (Å²) in [7, 11) is 1.66. The highest BCUT2D eigenvalue weighted by atomic mass is 16.4. The van der Waals surface area contributed by atoms with Gasteiger partial charge in [0.05, 0.1) is 6.54 Å². The van der Waals surface area contributed by atoms with Gasteiger partial charge in [0.25, 0.3) is 0 Å². The topological polar surface area (TPSA) is 104 Å². The second-order valence-corrected chi connectivity index (χ2v) is 2.61. The number of carbonyl (C=O) groups excluding carboxylic acids is 1. The summed E-state index contributed by atoms with van der Waals surface area (Å²) in [6.45, 7) is 0.510. The van der Waals surface area contributed by atoms with E-state index in [1.807, 2.05) is 0 Å². The normalized spacial score (nSPS) is 12.2. The van der Waals surface area contributed by atoms with E-state index in [9.17, 15) is 9.59 Å². The van der Waals surface area contributed by atoms with E-state index in [4.69, 9.17) is 10.8 Å². The van der Waals surface area contributed by atoms with Gasteiger partial charge in [-0.3, -0.25) is 9.59 Å². The molecular formula is C7H15N3O3. The van der Waals surface area contributed by atoms with Crippen LogP contribution in [0, 0.1) is 0 Å². The molecule has 0 aromatic heterocycles. The average Bonchev–Trinajstić information content (AvgIpc) is 2.04. The summed E-state index contributed by atoms with van der Waals surface area (Å²) in [6, 6.07) is -0.908. The zero-order valence-electron chi connectivity index (χ0n) is 7.54. The molecule has 6 nitrogen and oxygen atoms in total. The SMILES string of the molecule is CNCC(=O)NCC[C@H](N)C(=O)O. The van der Waals surface area contributed by atoms with Crippen LogP contribution < -0.4 is 16.4 Å². The molecule has 0 aliphatic carbocycles. The molecule has 0 aromatic rings. The Morgan fingerprint density at radius 2 is 2.15 bits per heavy atom. The minimum Gasteiger partial charge on any atom is -0.480 e. The third-order valence-electron chi connectivity index (χ3n) is 1.43. The van der Waals surface area contributed by atoms with Gasteiger partial charge in [-0.2, -0.15) is 0 Å². The number of aliphatic carboxylic acids is 1. The maximum atomic E-state index is 10.8. The van der Waals surface area contributed by atoms with Crippen LogP contribution in [0.4, 0.5) is 0 Å². The van der Waals surface area contributed by atoms with Gasteiger partial charge < -0.3 is 21.5 Å². The van der Waals surface area contributed by atoms with Gasteiger partial charge in [0.1, 0.15) is 6.04 Å². The summed E-state index contributed by atoms with van der Waals surface area (Å²) in [5.74, 6) is -1.22. The number of carboxylic acid groups (broad SMARTS) is 1. The summed E-state index contributed by atoms with van der Waals surface area (Å²) in [5.41, 5.74) is 5.21. The van der Waals surface area contributed by atoms with E-state index >= 15 is 0 Å². The minimum absolute atomic E-state index is 0.167. The van der Waals surface area contributed by atoms with Crippen molar-refractivity contribution in [1.29, 1.82) is 0 Å². The zero-order chi connectivity index (χ0) is 10.3. The first-order chi connectivity index (χ1) is 6.07. The van der Waals surface area contributed by atoms with Gasteiger partial charge in [-0.15, -0.1) is 0 Å². The maximum absolute atomic E-state index is 10.8. The van der Waals surface area contributed by atoms with Crippen molar-refractivity contribution in [2.75, 3.05) is 20.1 Å². The number of carbonyl (C=O) groups is 2. The van der Waals surface area contributed by atoms with Crippen molar-refractivity contribution >= 4 is 11.9 Å². The maximum Gasteiger partial charge on any atom is 0.320 e. The molecule has 5 N–H and O–H groups in total. The van der Waals surface area contributed by atoms with Crippen molar-refractivity contribution in [2.24, 2.45) is 5.73 Å². The van der Waals surface area contributed by atoms with Gasteiger partial charge in [-0.1, -0.05) is 0 Å². The van der Waals surface area contributed by atoms with Crippen LogP contribution in [-0.2, 0) is 9.59 Å². The molecular weight excluding hydrogens is 174 g/mol. The first kappa shape index (κ1) is 11.9. The van der Waals surface area contributed by atoms with E-state index in [-0.39, 0.29) is 25.4 Å². The third kappa shape index (κ3) is 6.06. The second kappa shape index (κ2) is 6.38. The number of amides is 1. The number of hydrogen-bond acceptors (Lipinski definition) is 4. The molecule has 0 aliphatic rings.